The lowest BCUT2D eigenvalue weighted by molar-refractivity contribution is 0.604. The maximum Gasteiger partial charge on any atom is 0.175 e. The Kier molecular flexibility index (Phi) is 4.51. The minimum atomic E-state index is -3.42. The Morgan fingerprint density at radius 1 is 1.05 bits per heavy atom. The van der Waals surface area contributed by atoms with Crippen molar-refractivity contribution in [2.45, 2.75) is 5.75 Å². The molecule has 0 saturated heterocycles. The van der Waals surface area contributed by atoms with Gasteiger partial charge in [0.25, 0.3) is 0 Å². The maximum absolute atomic E-state index is 12.7. The van der Waals surface area contributed by atoms with Crippen LogP contribution in [0.5, 0.6) is 0 Å². The van der Waals surface area contributed by atoms with Gasteiger partial charge in [-0.05, 0) is 41.5 Å². The second-order valence-electron chi connectivity index (χ2n) is 4.47. The maximum atomic E-state index is 12.7. The van der Waals surface area contributed by atoms with E-state index in [1.54, 1.807) is 24.3 Å². The molecule has 0 saturated carbocycles. The van der Waals surface area contributed by atoms with Crippen LogP contribution in [0.4, 0.5) is 4.39 Å². The highest BCUT2D eigenvalue weighted by Gasteiger charge is 2.07. The molecule has 0 amide bonds. The third-order valence-corrected chi connectivity index (χ3v) is 4.08. The van der Waals surface area contributed by atoms with Crippen LogP contribution >= 0.6 is 0 Å². The van der Waals surface area contributed by atoms with Crippen molar-refractivity contribution in [1.29, 1.82) is 5.26 Å². The molecule has 0 fully saturated rings. The van der Waals surface area contributed by atoms with Crippen LogP contribution in [-0.2, 0) is 15.6 Å². The SMILES string of the molecule is N#Cc1ccc(CS(=O)(=O)C=Cc2ccc(F)cc2)cc1. The summed E-state index contributed by atoms with van der Waals surface area (Å²) in [7, 11) is -3.42. The molecule has 0 aliphatic rings. The number of sulfone groups is 1. The zero-order chi connectivity index (χ0) is 15.3. The van der Waals surface area contributed by atoms with Crippen molar-refractivity contribution in [2.24, 2.45) is 0 Å². The molecule has 0 bridgehead atoms. The van der Waals surface area contributed by atoms with Crippen molar-refractivity contribution < 1.29 is 12.8 Å². The van der Waals surface area contributed by atoms with E-state index in [4.69, 9.17) is 5.26 Å². The molecule has 0 spiro atoms. The molecule has 2 rings (SSSR count). The van der Waals surface area contributed by atoms with Crippen molar-refractivity contribution in [2.75, 3.05) is 0 Å². The van der Waals surface area contributed by atoms with E-state index in [-0.39, 0.29) is 11.6 Å². The van der Waals surface area contributed by atoms with Crippen molar-refractivity contribution in [1.82, 2.24) is 0 Å². The number of halogens is 1. The van der Waals surface area contributed by atoms with Gasteiger partial charge in [0.15, 0.2) is 9.84 Å². The second kappa shape index (κ2) is 6.33. The molecule has 3 nitrogen and oxygen atoms in total. The zero-order valence-corrected chi connectivity index (χ0v) is 11.8. The normalized spacial score (nSPS) is 11.4. The molecule has 0 unspecified atom stereocenters. The quantitative estimate of drug-likeness (QED) is 0.870. The predicted octanol–water partition coefficient (Wildman–Crippen LogP) is 3.28. The van der Waals surface area contributed by atoms with E-state index in [1.165, 1.54) is 30.3 Å². The Bertz CT molecular complexity index is 786. The lowest BCUT2D eigenvalue weighted by atomic mass is 10.2. The van der Waals surface area contributed by atoms with Gasteiger partial charge in [-0.25, -0.2) is 12.8 Å². The molecule has 0 aromatic heterocycles. The smallest absolute Gasteiger partial charge is 0.175 e. The third kappa shape index (κ3) is 4.55. The standard InChI is InChI=1S/C16H12FNO2S/c17-16-7-5-13(6-8-16)9-10-21(19,20)12-15-3-1-14(11-18)2-4-15/h1-10H,12H2. The van der Waals surface area contributed by atoms with Crippen LogP contribution in [0.3, 0.4) is 0 Å². The molecule has 106 valence electrons. The number of hydrogen-bond donors (Lipinski definition) is 0. The van der Waals surface area contributed by atoms with Crippen LogP contribution < -0.4 is 0 Å². The lowest BCUT2D eigenvalue weighted by Crippen LogP contribution is -1.99. The number of nitrogens with zero attached hydrogens (tertiary/aromatic N) is 1. The van der Waals surface area contributed by atoms with Crippen molar-refractivity contribution in [3.05, 3.63) is 76.4 Å². The van der Waals surface area contributed by atoms with Crippen molar-refractivity contribution >= 4 is 15.9 Å². The molecule has 0 heterocycles. The average molecular weight is 301 g/mol. The molecule has 0 atom stereocenters. The lowest BCUT2D eigenvalue weighted by Gasteiger charge is -2.00. The zero-order valence-electron chi connectivity index (χ0n) is 11.0. The van der Waals surface area contributed by atoms with E-state index in [0.717, 1.165) is 5.41 Å². The fourth-order valence-corrected chi connectivity index (χ4v) is 2.83. The van der Waals surface area contributed by atoms with Gasteiger partial charge in [-0.1, -0.05) is 24.3 Å². The summed E-state index contributed by atoms with van der Waals surface area (Å²) in [5.41, 5.74) is 1.70. The van der Waals surface area contributed by atoms with Crippen molar-refractivity contribution in [3.63, 3.8) is 0 Å². The minimum absolute atomic E-state index is 0.142. The van der Waals surface area contributed by atoms with Crippen molar-refractivity contribution in [3.8, 4) is 6.07 Å². The summed E-state index contributed by atoms with van der Waals surface area (Å²) in [6, 6.07) is 13.9. The largest absolute Gasteiger partial charge is 0.224 e. The summed E-state index contributed by atoms with van der Waals surface area (Å²) >= 11 is 0. The van der Waals surface area contributed by atoms with Gasteiger partial charge >= 0.3 is 0 Å². The molecule has 0 aliphatic carbocycles. The van der Waals surface area contributed by atoms with Gasteiger partial charge in [0.2, 0.25) is 0 Å². The van der Waals surface area contributed by atoms with Gasteiger partial charge in [0.1, 0.15) is 5.82 Å². The van der Waals surface area contributed by atoms with E-state index in [2.05, 4.69) is 0 Å². The van der Waals surface area contributed by atoms with Crippen LogP contribution in [-0.4, -0.2) is 8.42 Å². The first-order chi connectivity index (χ1) is 9.98. The van der Waals surface area contributed by atoms with Crippen LogP contribution in [0, 0.1) is 17.1 Å². The number of benzene rings is 2. The number of nitriles is 1. The highest BCUT2D eigenvalue weighted by atomic mass is 32.2. The van der Waals surface area contributed by atoms with E-state index in [9.17, 15) is 12.8 Å². The van der Waals surface area contributed by atoms with Gasteiger partial charge in [0.05, 0.1) is 17.4 Å². The Morgan fingerprint density at radius 3 is 2.24 bits per heavy atom. The summed E-state index contributed by atoms with van der Waals surface area (Å²) in [4.78, 5) is 0. The summed E-state index contributed by atoms with van der Waals surface area (Å²) in [6.07, 6.45) is 1.43. The summed E-state index contributed by atoms with van der Waals surface area (Å²) in [6.45, 7) is 0. The van der Waals surface area contributed by atoms with Crippen LogP contribution in [0.2, 0.25) is 0 Å². The third-order valence-electron chi connectivity index (χ3n) is 2.79. The summed E-state index contributed by atoms with van der Waals surface area (Å²) in [5.74, 6) is -0.510. The first kappa shape index (κ1) is 14.9. The van der Waals surface area contributed by atoms with Crippen LogP contribution in [0.25, 0.3) is 6.08 Å². The molecule has 0 radical (unpaired) electrons. The highest BCUT2D eigenvalue weighted by Crippen LogP contribution is 2.11. The summed E-state index contributed by atoms with van der Waals surface area (Å²) in [5, 5.41) is 9.79. The Labute approximate surface area is 122 Å². The Hall–Kier alpha value is -2.45. The monoisotopic (exact) mass is 301 g/mol. The summed E-state index contributed by atoms with van der Waals surface area (Å²) < 4.78 is 36.7. The van der Waals surface area contributed by atoms with Gasteiger partial charge in [0, 0.05) is 5.41 Å². The molecule has 2 aromatic rings. The van der Waals surface area contributed by atoms with Gasteiger partial charge in [-0.3, -0.25) is 0 Å². The first-order valence-corrected chi connectivity index (χ1v) is 7.85. The Morgan fingerprint density at radius 2 is 1.67 bits per heavy atom. The fourth-order valence-electron chi connectivity index (χ4n) is 1.71. The van der Waals surface area contributed by atoms with E-state index >= 15 is 0 Å². The molecule has 2 aromatic carbocycles. The molecular formula is C16H12FNO2S. The number of hydrogen-bond acceptors (Lipinski definition) is 3. The fraction of sp³-hybridized carbons (Fsp3) is 0.0625. The van der Waals surface area contributed by atoms with Gasteiger partial charge < -0.3 is 0 Å². The minimum Gasteiger partial charge on any atom is -0.224 e. The van der Waals surface area contributed by atoms with Gasteiger partial charge in [-0.15, -0.1) is 0 Å². The topological polar surface area (TPSA) is 57.9 Å². The number of rotatable bonds is 4. The average Bonchev–Trinajstić information content (AvgIpc) is 2.47. The van der Waals surface area contributed by atoms with Gasteiger partial charge in [-0.2, -0.15) is 5.26 Å². The molecule has 21 heavy (non-hydrogen) atoms. The van der Waals surface area contributed by atoms with Crippen LogP contribution in [0.1, 0.15) is 16.7 Å². The van der Waals surface area contributed by atoms with E-state index in [1.807, 2.05) is 6.07 Å². The predicted molar refractivity (Wildman–Crippen MR) is 79.2 cm³/mol. The molecular weight excluding hydrogens is 289 g/mol. The van der Waals surface area contributed by atoms with E-state index in [0.29, 0.717) is 16.7 Å². The highest BCUT2D eigenvalue weighted by molar-refractivity contribution is 7.93. The van der Waals surface area contributed by atoms with Crippen LogP contribution in [0.15, 0.2) is 53.9 Å². The Balaban J connectivity index is 2.11. The van der Waals surface area contributed by atoms with E-state index < -0.39 is 9.84 Å². The second-order valence-corrected chi connectivity index (χ2v) is 6.36. The molecule has 0 N–H and O–H groups in total. The molecule has 0 aliphatic heterocycles. The first-order valence-electron chi connectivity index (χ1n) is 6.14. The molecule has 5 heteroatoms.